The van der Waals surface area contributed by atoms with Crippen LogP contribution in [0.2, 0.25) is 10.0 Å². The Morgan fingerprint density at radius 1 is 1.18 bits per heavy atom. The van der Waals surface area contributed by atoms with Gasteiger partial charge in [-0.15, -0.1) is 0 Å². The summed E-state index contributed by atoms with van der Waals surface area (Å²) in [6.07, 6.45) is 9.02. The zero-order valence-electron chi connectivity index (χ0n) is 16.3. The Morgan fingerprint density at radius 3 is 2.43 bits per heavy atom. The second-order valence-electron chi connectivity index (χ2n) is 8.96. The summed E-state index contributed by atoms with van der Waals surface area (Å²) in [7, 11) is 0. The van der Waals surface area contributed by atoms with Gasteiger partial charge in [0.15, 0.2) is 0 Å². The molecule has 0 aliphatic heterocycles. The molecule has 28 heavy (non-hydrogen) atoms. The molecule has 4 nitrogen and oxygen atoms in total. The SMILES string of the molecule is CC(=NNC(=O)CCCOc1ccc(Cl)cc1Cl)C12CC3CC(CC(C3)C1)C2. The van der Waals surface area contributed by atoms with Gasteiger partial charge >= 0.3 is 0 Å². The Hall–Kier alpha value is -1.26. The molecule has 1 N–H and O–H groups in total. The zero-order chi connectivity index (χ0) is 19.7. The maximum atomic E-state index is 12.2. The second-order valence-corrected chi connectivity index (χ2v) is 9.80. The van der Waals surface area contributed by atoms with Gasteiger partial charge in [0.25, 0.3) is 0 Å². The smallest absolute Gasteiger partial charge is 0.240 e. The van der Waals surface area contributed by atoms with Crippen molar-refractivity contribution >= 4 is 34.8 Å². The number of nitrogens with zero attached hydrogens (tertiary/aromatic N) is 1. The van der Waals surface area contributed by atoms with Crippen molar-refractivity contribution in [2.24, 2.45) is 28.3 Å². The van der Waals surface area contributed by atoms with Gasteiger partial charge in [0.05, 0.1) is 11.6 Å². The van der Waals surface area contributed by atoms with Crippen molar-refractivity contribution in [3.8, 4) is 5.75 Å². The quantitative estimate of drug-likeness (QED) is 0.339. The topological polar surface area (TPSA) is 50.7 Å². The van der Waals surface area contributed by atoms with Crippen LogP contribution in [0.5, 0.6) is 5.75 Å². The molecule has 4 aliphatic rings. The van der Waals surface area contributed by atoms with E-state index in [1.807, 2.05) is 0 Å². The minimum absolute atomic E-state index is 0.0603. The first-order valence-electron chi connectivity index (χ1n) is 10.3. The molecular formula is C22H28Cl2N2O2. The van der Waals surface area contributed by atoms with E-state index in [1.165, 1.54) is 38.5 Å². The summed E-state index contributed by atoms with van der Waals surface area (Å²) in [5, 5.41) is 5.57. The lowest BCUT2D eigenvalue weighted by molar-refractivity contribution is -0.121. The zero-order valence-corrected chi connectivity index (χ0v) is 17.9. The molecular weight excluding hydrogens is 395 g/mol. The van der Waals surface area contributed by atoms with Crippen molar-refractivity contribution in [3.63, 3.8) is 0 Å². The summed E-state index contributed by atoms with van der Waals surface area (Å²) >= 11 is 12.0. The van der Waals surface area contributed by atoms with E-state index in [0.29, 0.717) is 35.2 Å². The van der Waals surface area contributed by atoms with Crippen molar-refractivity contribution in [2.75, 3.05) is 6.61 Å². The maximum absolute atomic E-state index is 12.2. The molecule has 0 spiro atoms. The first-order chi connectivity index (χ1) is 13.4. The summed E-state index contributed by atoms with van der Waals surface area (Å²) in [5.41, 5.74) is 4.15. The van der Waals surface area contributed by atoms with E-state index < -0.39 is 0 Å². The van der Waals surface area contributed by atoms with Gasteiger partial charge in [0.1, 0.15) is 5.75 Å². The number of carbonyl (C=O) groups excluding carboxylic acids is 1. The van der Waals surface area contributed by atoms with Gasteiger partial charge in [-0.1, -0.05) is 23.2 Å². The normalized spacial score (nSPS) is 31.1. The molecule has 5 rings (SSSR count). The minimum atomic E-state index is -0.0603. The van der Waals surface area contributed by atoms with Gasteiger partial charge in [0, 0.05) is 22.6 Å². The summed E-state index contributed by atoms with van der Waals surface area (Å²) in [5.74, 6) is 3.16. The van der Waals surface area contributed by atoms with Crippen LogP contribution in [-0.2, 0) is 4.79 Å². The Bertz CT molecular complexity index is 743. The fourth-order valence-corrected chi connectivity index (χ4v) is 6.34. The molecule has 4 fully saturated rings. The van der Waals surface area contributed by atoms with Crippen molar-refractivity contribution < 1.29 is 9.53 Å². The Balaban J connectivity index is 1.23. The van der Waals surface area contributed by atoms with E-state index >= 15 is 0 Å². The average Bonchev–Trinajstić information content (AvgIpc) is 2.63. The number of nitrogens with one attached hydrogen (secondary N) is 1. The highest BCUT2D eigenvalue weighted by Crippen LogP contribution is 2.60. The van der Waals surface area contributed by atoms with Crippen LogP contribution in [0.4, 0.5) is 0 Å². The first-order valence-corrected chi connectivity index (χ1v) is 11.1. The third-order valence-electron chi connectivity index (χ3n) is 6.85. The highest BCUT2D eigenvalue weighted by molar-refractivity contribution is 6.35. The molecule has 6 heteroatoms. The molecule has 4 bridgehead atoms. The Kier molecular flexibility index (Phi) is 5.89. The molecule has 0 atom stereocenters. The molecule has 1 amide bonds. The molecule has 4 saturated carbocycles. The number of halogens is 2. The van der Waals surface area contributed by atoms with Crippen LogP contribution >= 0.6 is 23.2 Å². The van der Waals surface area contributed by atoms with Gasteiger partial charge in [-0.25, -0.2) is 5.43 Å². The number of carbonyl (C=O) groups is 1. The van der Waals surface area contributed by atoms with Crippen LogP contribution in [0.25, 0.3) is 0 Å². The van der Waals surface area contributed by atoms with Crippen LogP contribution < -0.4 is 10.2 Å². The molecule has 4 aliphatic carbocycles. The molecule has 1 aromatic carbocycles. The minimum Gasteiger partial charge on any atom is -0.492 e. The van der Waals surface area contributed by atoms with E-state index in [4.69, 9.17) is 27.9 Å². The molecule has 0 unspecified atom stereocenters. The van der Waals surface area contributed by atoms with Gasteiger partial charge in [-0.2, -0.15) is 5.10 Å². The lowest BCUT2D eigenvalue weighted by atomic mass is 9.48. The molecule has 0 heterocycles. The average molecular weight is 423 g/mol. The van der Waals surface area contributed by atoms with Crippen molar-refractivity contribution in [1.82, 2.24) is 5.43 Å². The third-order valence-corrected chi connectivity index (χ3v) is 7.38. The molecule has 1 aromatic rings. The monoisotopic (exact) mass is 422 g/mol. The van der Waals surface area contributed by atoms with E-state index in [1.54, 1.807) is 18.2 Å². The predicted molar refractivity (Wildman–Crippen MR) is 113 cm³/mol. The summed E-state index contributed by atoms with van der Waals surface area (Å²) in [6, 6.07) is 5.12. The first kappa shape index (κ1) is 20.0. The Labute approximate surface area is 177 Å². The van der Waals surface area contributed by atoms with E-state index in [2.05, 4.69) is 17.5 Å². The van der Waals surface area contributed by atoms with Crippen LogP contribution in [-0.4, -0.2) is 18.2 Å². The number of benzene rings is 1. The van der Waals surface area contributed by atoms with Gasteiger partial charge in [-0.3, -0.25) is 4.79 Å². The lowest BCUT2D eigenvalue weighted by Crippen LogP contribution is -2.49. The molecule has 152 valence electrons. The van der Waals surface area contributed by atoms with Crippen molar-refractivity contribution in [3.05, 3.63) is 28.2 Å². The maximum Gasteiger partial charge on any atom is 0.240 e. The van der Waals surface area contributed by atoms with E-state index in [-0.39, 0.29) is 11.3 Å². The van der Waals surface area contributed by atoms with E-state index in [0.717, 1.165) is 23.5 Å². The predicted octanol–water partition coefficient (Wildman–Crippen LogP) is 5.86. The Morgan fingerprint density at radius 2 is 1.82 bits per heavy atom. The third kappa shape index (κ3) is 4.33. The highest BCUT2D eigenvalue weighted by Gasteiger charge is 2.52. The largest absolute Gasteiger partial charge is 0.492 e. The summed E-state index contributed by atoms with van der Waals surface area (Å²) in [6.45, 7) is 2.53. The fraction of sp³-hybridized carbons (Fsp3) is 0.636. The number of amides is 1. The summed E-state index contributed by atoms with van der Waals surface area (Å²) < 4.78 is 5.63. The number of hydrogen-bond donors (Lipinski definition) is 1. The van der Waals surface area contributed by atoms with Crippen molar-refractivity contribution in [2.45, 2.75) is 58.3 Å². The number of hydrazone groups is 1. The van der Waals surface area contributed by atoms with Crippen LogP contribution in [0.15, 0.2) is 23.3 Å². The summed E-state index contributed by atoms with van der Waals surface area (Å²) in [4.78, 5) is 12.2. The molecule has 0 radical (unpaired) electrons. The highest BCUT2D eigenvalue weighted by atomic mass is 35.5. The number of rotatable bonds is 7. The lowest BCUT2D eigenvalue weighted by Gasteiger charge is -2.56. The standard InChI is InChI=1S/C22H28Cl2N2O2/c1-14(22-11-15-7-16(12-22)9-17(8-15)13-22)25-26-21(27)3-2-6-28-20-5-4-18(23)10-19(20)24/h4-5,10,15-17H,2-3,6-9,11-13H2,1H3,(H,26,27). The van der Waals surface area contributed by atoms with Crippen molar-refractivity contribution in [1.29, 1.82) is 0 Å². The van der Waals surface area contributed by atoms with Gasteiger partial charge in [0.2, 0.25) is 5.91 Å². The number of ether oxygens (including phenoxy) is 1. The second kappa shape index (κ2) is 8.23. The molecule has 0 aromatic heterocycles. The fourth-order valence-electron chi connectivity index (χ4n) is 5.88. The van der Waals surface area contributed by atoms with Crippen LogP contribution in [0, 0.1) is 23.2 Å². The molecule has 0 saturated heterocycles. The van der Waals surface area contributed by atoms with Gasteiger partial charge in [-0.05, 0) is 87.8 Å². The van der Waals surface area contributed by atoms with Crippen LogP contribution in [0.1, 0.15) is 58.3 Å². The number of hydrogen-bond acceptors (Lipinski definition) is 3. The van der Waals surface area contributed by atoms with Gasteiger partial charge < -0.3 is 4.74 Å². The van der Waals surface area contributed by atoms with Crippen LogP contribution in [0.3, 0.4) is 0 Å². The van der Waals surface area contributed by atoms with E-state index in [9.17, 15) is 4.79 Å².